The average molecular weight is 431 g/mol. The molecule has 2 aliphatic heterocycles. The van der Waals surface area contributed by atoms with Gasteiger partial charge in [-0.2, -0.15) is 0 Å². The highest BCUT2D eigenvalue weighted by atomic mass is 35.5. The van der Waals surface area contributed by atoms with E-state index in [1.807, 2.05) is 6.07 Å². The fraction of sp³-hybridized carbons (Fsp3) is 0.273. The minimum Gasteiger partial charge on any atom is -0.371 e. The topological polar surface area (TPSA) is 40.6 Å². The summed E-state index contributed by atoms with van der Waals surface area (Å²) in [7, 11) is 0. The van der Waals surface area contributed by atoms with Gasteiger partial charge in [0.2, 0.25) is 0 Å². The molecular weight excluding hydrogens is 411 g/mol. The Hall–Kier alpha value is -2.31. The summed E-state index contributed by atoms with van der Waals surface area (Å²) in [4.78, 5) is 28.6. The minimum atomic E-state index is -0.408. The Kier molecular flexibility index (Phi) is 5.92. The van der Waals surface area contributed by atoms with E-state index in [0.29, 0.717) is 10.6 Å². The number of imide groups is 1. The molecule has 0 aliphatic carbocycles. The molecule has 2 saturated heterocycles. The summed E-state index contributed by atoms with van der Waals surface area (Å²) in [6.45, 7) is 2.03. The lowest BCUT2D eigenvalue weighted by Gasteiger charge is -2.28. The lowest BCUT2D eigenvalue weighted by Crippen LogP contribution is -2.29. The van der Waals surface area contributed by atoms with E-state index < -0.39 is 11.7 Å². The number of carbonyl (C=O) groups is 2. The van der Waals surface area contributed by atoms with Crippen molar-refractivity contribution in [1.29, 1.82) is 0 Å². The van der Waals surface area contributed by atoms with Gasteiger partial charge < -0.3 is 4.90 Å². The van der Waals surface area contributed by atoms with Gasteiger partial charge in [-0.1, -0.05) is 23.7 Å². The van der Waals surface area contributed by atoms with Crippen LogP contribution in [0.1, 0.15) is 30.4 Å². The Labute approximate surface area is 178 Å². The average Bonchev–Trinajstić information content (AvgIpc) is 2.99. The van der Waals surface area contributed by atoms with E-state index in [2.05, 4.69) is 4.90 Å². The molecule has 2 aliphatic rings. The first-order valence-corrected chi connectivity index (χ1v) is 10.7. The molecule has 7 heteroatoms. The zero-order valence-electron chi connectivity index (χ0n) is 15.7. The molecule has 4 nitrogen and oxygen atoms in total. The molecule has 2 heterocycles. The van der Waals surface area contributed by atoms with E-state index in [1.54, 1.807) is 30.3 Å². The van der Waals surface area contributed by atoms with Crippen LogP contribution in [0, 0.1) is 5.82 Å². The van der Waals surface area contributed by atoms with Crippen LogP contribution < -0.4 is 4.90 Å². The largest absolute Gasteiger partial charge is 0.371 e. The lowest BCUT2D eigenvalue weighted by atomic mass is 10.1. The molecule has 2 fully saturated rings. The molecule has 0 spiro atoms. The monoisotopic (exact) mass is 430 g/mol. The van der Waals surface area contributed by atoms with Crippen molar-refractivity contribution in [1.82, 2.24) is 4.90 Å². The highest BCUT2D eigenvalue weighted by Crippen LogP contribution is 2.34. The second-order valence-electron chi connectivity index (χ2n) is 7.15. The highest BCUT2D eigenvalue weighted by molar-refractivity contribution is 8.18. The Morgan fingerprint density at radius 2 is 1.76 bits per heavy atom. The van der Waals surface area contributed by atoms with Crippen LogP contribution in [0.3, 0.4) is 0 Å². The molecule has 0 bridgehead atoms. The number of benzene rings is 2. The highest BCUT2D eigenvalue weighted by Gasteiger charge is 2.35. The molecule has 0 N–H and O–H groups in total. The molecular formula is C22H20ClFN2O2S. The van der Waals surface area contributed by atoms with Crippen molar-refractivity contribution in [2.75, 3.05) is 18.0 Å². The van der Waals surface area contributed by atoms with Crippen LogP contribution in [0.25, 0.3) is 6.08 Å². The predicted molar refractivity (Wildman–Crippen MR) is 115 cm³/mol. The number of piperidine rings is 1. The zero-order chi connectivity index (χ0) is 20.4. The van der Waals surface area contributed by atoms with Crippen molar-refractivity contribution >= 4 is 46.3 Å². The maximum absolute atomic E-state index is 14.7. The van der Waals surface area contributed by atoms with Crippen LogP contribution >= 0.6 is 23.4 Å². The molecule has 0 aromatic heterocycles. The van der Waals surface area contributed by atoms with Crippen molar-refractivity contribution < 1.29 is 14.0 Å². The number of hydrogen-bond donors (Lipinski definition) is 0. The summed E-state index contributed by atoms with van der Waals surface area (Å²) < 4.78 is 14.7. The number of amides is 2. The molecule has 2 aromatic carbocycles. The van der Waals surface area contributed by atoms with Crippen LogP contribution in [-0.4, -0.2) is 29.1 Å². The standard InChI is InChI=1S/C22H20ClFN2O2S/c23-17-7-4-15(5-8-17)14-26-21(27)20(29-22(26)28)12-16-6-9-18(13-19(16)24)25-10-2-1-3-11-25/h4-9,12-13H,1-3,10-11,14H2/b20-12+. The third-order valence-corrected chi connectivity index (χ3v) is 6.28. The van der Waals surface area contributed by atoms with Gasteiger partial charge in [-0.05, 0) is 73.0 Å². The van der Waals surface area contributed by atoms with Gasteiger partial charge in [-0.15, -0.1) is 0 Å². The van der Waals surface area contributed by atoms with Crippen LogP contribution in [0.4, 0.5) is 14.9 Å². The molecule has 2 aromatic rings. The fourth-order valence-electron chi connectivity index (χ4n) is 3.53. The number of anilines is 1. The third kappa shape index (κ3) is 4.49. The minimum absolute atomic E-state index is 0.162. The number of carbonyl (C=O) groups excluding carboxylic acids is 2. The lowest BCUT2D eigenvalue weighted by molar-refractivity contribution is -0.123. The predicted octanol–water partition coefficient (Wildman–Crippen LogP) is 5.71. The van der Waals surface area contributed by atoms with Crippen LogP contribution in [-0.2, 0) is 11.3 Å². The van der Waals surface area contributed by atoms with Gasteiger partial charge in [0.05, 0.1) is 11.4 Å². The van der Waals surface area contributed by atoms with E-state index in [0.717, 1.165) is 48.9 Å². The summed E-state index contributed by atoms with van der Waals surface area (Å²) in [5, 5.41) is 0.229. The number of nitrogens with zero attached hydrogens (tertiary/aromatic N) is 2. The SMILES string of the molecule is O=C1S/C(=C/c2ccc(N3CCCCC3)cc2F)C(=O)N1Cc1ccc(Cl)cc1. The van der Waals surface area contributed by atoms with Gasteiger partial charge >= 0.3 is 0 Å². The quantitative estimate of drug-likeness (QED) is 0.583. The Bertz CT molecular complexity index is 971. The summed E-state index contributed by atoms with van der Waals surface area (Å²) in [5.74, 6) is -0.799. The summed E-state index contributed by atoms with van der Waals surface area (Å²) in [6.07, 6.45) is 4.90. The van der Waals surface area contributed by atoms with E-state index in [4.69, 9.17) is 11.6 Å². The summed E-state index contributed by atoms with van der Waals surface area (Å²) >= 11 is 6.71. The molecule has 0 atom stereocenters. The fourth-order valence-corrected chi connectivity index (χ4v) is 4.49. The van der Waals surface area contributed by atoms with Crippen molar-refractivity contribution in [3.63, 3.8) is 0 Å². The maximum Gasteiger partial charge on any atom is 0.293 e. The van der Waals surface area contributed by atoms with Gasteiger partial charge in [0.1, 0.15) is 5.82 Å². The van der Waals surface area contributed by atoms with E-state index in [9.17, 15) is 14.0 Å². The first kappa shape index (κ1) is 20.0. The number of thioether (sulfide) groups is 1. The van der Waals surface area contributed by atoms with Crippen LogP contribution in [0.15, 0.2) is 47.4 Å². The number of halogens is 2. The Balaban J connectivity index is 1.51. The smallest absolute Gasteiger partial charge is 0.293 e. The molecule has 4 rings (SSSR count). The second-order valence-corrected chi connectivity index (χ2v) is 8.58. The van der Waals surface area contributed by atoms with Gasteiger partial charge in [0.25, 0.3) is 11.1 Å². The zero-order valence-corrected chi connectivity index (χ0v) is 17.3. The van der Waals surface area contributed by atoms with Crippen LogP contribution in [0.2, 0.25) is 5.02 Å². The van der Waals surface area contributed by atoms with E-state index in [1.165, 1.54) is 23.5 Å². The summed E-state index contributed by atoms with van der Waals surface area (Å²) in [5.41, 5.74) is 1.97. The first-order valence-electron chi connectivity index (χ1n) is 9.55. The first-order chi connectivity index (χ1) is 14.0. The number of rotatable bonds is 4. The molecule has 29 heavy (non-hydrogen) atoms. The van der Waals surface area contributed by atoms with Gasteiger partial charge in [-0.3, -0.25) is 14.5 Å². The Morgan fingerprint density at radius 1 is 1.03 bits per heavy atom. The molecule has 0 saturated carbocycles. The van der Waals surface area contributed by atoms with Crippen molar-refractivity contribution in [3.05, 3.63) is 69.3 Å². The molecule has 150 valence electrons. The normalized spacial score (nSPS) is 18.8. The van der Waals surface area contributed by atoms with Crippen molar-refractivity contribution in [3.8, 4) is 0 Å². The van der Waals surface area contributed by atoms with E-state index >= 15 is 0 Å². The summed E-state index contributed by atoms with van der Waals surface area (Å²) in [6, 6.07) is 12.0. The van der Waals surface area contributed by atoms with Crippen molar-refractivity contribution in [2.45, 2.75) is 25.8 Å². The van der Waals surface area contributed by atoms with Crippen molar-refractivity contribution in [2.24, 2.45) is 0 Å². The van der Waals surface area contributed by atoms with Gasteiger partial charge in [0.15, 0.2) is 0 Å². The second kappa shape index (κ2) is 8.59. The van der Waals surface area contributed by atoms with E-state index in [-0.39, 0.29) is 16.7 Å². The van der Waals surface area contributed by atoms with Crippen LogP contribution in [0.5, 0.6) is 0 Å². The maximum atomic E-state index is 14.7. The molecule has 0 radical (unpaired) electrons. The molecule has 0 unspecified atom stereocenters. The van der Waals surface area contributed by atoms with Gasteiger partial charge in [-0.25, -0.2) is 4.39 Å². The van der Waals surface area contributed by atoms with Gasteiger partial charge in [0, 0.05) is 29.4 Å². The third-order valence-electron chi connectivity index (χ3n) is 5.12. The molecule has 2 amide bonds. The Morgan fingerprint density at radius 3 is 2.45 bits per heavy atom. The number of hydrogen-bond acceptors (Lipinski definition) is 4.